The third kappa shape index (κ3) is 9.09. The zero-order valence-corrected chi connectivity index (χ0v) is 26.8. The first-order valence-corrected chi connectivity index (χ1v) is 15.8. The van der Waals surface area contributed by atoms with Crippen molar-refractivity contribution in [3.05, 3.63) is 76.9 Å². The third-order valence-electron chi connectivity index (χ3n) is 6.80. The molecule has 2 unspecified atom stereocenters. The SMILES string of the molecule is CC(C)(C)CCOc1cccc(-c2sc(N)nc2-c2ccccc2C(F)(P)CCCCCNc2cc(=S)cc[nH]2)c1. The van der Waals surface area contributed by atoms with Gasteiger partial charge < -0.3 is 20.8 Å². The van der Waals surface area contributed by atoms with E-state index in [-0.39, 0.29) is 5.41 Å². The molecule has 2 atom stereocenters. The van der Waals surface area contributed by atoms with E-state index in [0.717, 1.165) is 64.3 Å². The second kappa shape index (κ2) is 13.9. The van der Waals surface area contributed by atoms with Crippen molar-refractivity contribution >= 4 is 43.7 Å². The molecule has 4 aromatic rings. The number of pyridine rings is 1. The number of thiazole rings is 1. The van der Waals surface area contributed by atoms with Crippen LogP contribution in [-0.4, -0.2) is 23.1 Å². The molecule has 0 amide bonds. The van der Waals surface area contributed by atoms with Crippen molar-refractivity contribution in [3.8, 4) is 27.4 Å². The lowest BCUT2D eigenvalue weighted by Gasteiger charge is -2.24. The van der Waals surface area contributed by atoms with Crippen LogP contribution < -0.4 is 15.8 Å². The van der Waals surface area contributed by atoms with Gasteiger partial charge in [-0.05, 0) is 60.9 Å². The Hall–Kier alpha value is -2.80. The molecule has 0 aliphatic rings. The number of nitrogens with two attached hydrogens (primary N) is 1. The number of halogens is 1. The highest BCUT2D eigenvalue weighted by atomic mass is 32.1. The normalized spacial score (nSPS) is 13.1. The van der Waals surface area contributed by atoms with Crippen LogP contribution in [0.5, 0.6) is 5.75 Å². The molecule has 0 radical (unpaired) electrons. The van der Waals surface area contributed by atoms with Crippen LogP contribution in [0.2, 0.25) is 0 Å². The van der Waals surface area contributed by atoms with Gasteiger partial charge in [-0.1, -0.05) is 96.4 Å². The molecule has 9 heteroatoms. The van der Waals surface area contributed by atoms with Crippen LogP contribution in [0.4, 0.5) is 15.3 Å². The molecule has 218 valence electrons. The number of ether oxygens (including phenoxy) is 1. The van der Waals surface area contributed by atoms with Gasteiger partial charge in [0.1, 0.15) is 17.0 Å². The van der Waals surface area contributed by atoms with Crippen LogP contribution in [0.15, 0.2) is 66.9 Å². The molecule has 41 heavy (non-hydrogen) atoms. The summed E-state index contributed by atoms with van der Waals surface area (Å²) < 4.78 is 23.1. The maximum Gasteiger partial charge on any atom is 0.181 e. The zero-order valence-electron chi connectivity index (χ0n) is 24.0. The number of benzene rings is 2. The summed E-state index contributed by atoms with van der Waals surface area (Å²) in [5, 5.41) is 2.19. The van der Waals surface area contributed by atoms with Gasteiger partial charge in [0.2, 0.25) is 0 Å². The van der Waals surface area contributed by atoms with Gasteiger partial charge in [0, 0.05) is 28.4 Å². The van der Waals surface area contributed by atoms with E-state index < -0.39 is 5.41 Å². The number of anilines is 2. The fourth-order valence-corrected chi connectivity index (χ4v) is 6.04. The Morgan fingerprint density at radius 3 is 2.63 bits per heavy atom. The molecule has 0 bridgehead atoms. The van der Waals surface area contributed by atoms with Gasteiger partial charge in [-0.25, -0.2) is 9.37 Å². The highest BCUT2D eigenvalue weighted by molar-refractivity contribution is 7.71. The maximum absolute atomic E-state index is 16.3. The molecular weight excluding hydrogens is 570 g/mol. The number of rotatable bonds is 13. The zero-order chi connectivity index (χ0) is 29.5. The van der Waals surface area contributed by atoms with Gasteiger partial charge in [-0.3, -0.25) is 0 Å². The summed E-state index contributed by atoms with van der Waals surface area (Å²) in [6.07, 6.45) is 5.75. The number of nitrogens with one attached hydrogen (secondary N) is 2. The number of hydrogen-bond acceptors (Lipinski definition) is 6. The Morgan fingerprint density at radius 2 is 1.85 bits per heavy atom. The third-order valence-corrected chi connectivity index (χ3v) is 8.58. The highest BCUT2D eigenvalue weighted by Crippen LogP contribution is 2.47. The minimum atomic E-state index is -1.60. The van der Waals surface area contributed by atoms with E-state index in [0.29, 0.717) is 29.4 Å². The van der Waals surface area contributed by atoms with E-state index >= 15 is 4.39 Å². The summed E-state index contributed by atoms with van der Waals surface area (Å²) in [6, 6.07) is 19.3. The summed E-state index contributed by atoms with van der Waals surface area (Å²) in [7, 11) is 2.45. The lowest BCUT2D eigenvalue weighted by Crippen LogP contribution is -2.13. The van der Waals surface area contributed by atoms with Crippen LogP contribution >= 0.6 is 32.8 Å². The lowest BCUT2D eigenvalue weighted by atomic mass is 9.93. The van der Waals surface area contributed by atoms with Crippen LogP contribution in [0.25, 0.3) is 21.7 Å². The monoisotopic (exact) mass is 610 g/mol. The second-order valence-corrected chi connectivity index (χ2v) is 13.9. The van der Waals surface area contributed by atoms with Gasteiger partial charge in [0.05, 0.1) is 17.2 Å². The molecule has 0 spiro atoms. The number of H-pyrrole nitrogens is 1. The molecule has 0 saturated heterocycles. The fraction of sp³-hybridized carbons (Fsp3) is 0.375. The van der Waals surface area contributed by atoms with Crippen molar-refractivity contribution < 1.29 is 9.13 Å². The Balaban J connectivity index is 1.45. The predicted octanol–water partition coefficient (Wildman–Crippen LogP) is 9.60. The number of aromatic amines is 1. The van der Waals surface area contributed by atoms with E-state index in [1.165, 1.54) is 11.3 Å². The number of aromatic nitrogens is 2. The number of nitrogen functional groups attached to an aromatic ring is 1. The van der Waals surface area contributed by atoms with Gasteiger partial charge in [-0.15, -0.1) is 0 Å². The van der Waals surface area contributed by atoms with Crippen LogP contribution in [0, 0.1) is 9.93 Å². The van der Waals surface area contributed by atoms with Crippen molar-refractivity contribution in [2.45, 2.75) is 58.3 Å². The number of unbranched alkanes of at least 4 members (excludes halogenated alkanes) is 2. The molecule has 2 aromatic heterocycles. The maximum atomic E-state index is 16.3. The average molecular weight is 611 g/mol. The summed E-state index contributed by atoms with van der Waals surface area (Å²) in [4.78, 5) is 8.72. The van der Waals surface area contributed by atoms with E-state index in [4.69, 9.17) is 22.7 Å². The molecule has 0 aliphatic heterocycles. The lowest BCUT2D eigenvalue weighted by molar-refractivity contribution is 0.243. The van der Waals surface area contributed by atoms with Crippen molar-refractivity contribution in [3.63, 3.8) is 0 Å². The molecular formula is C32H40FN4OPS2. The van der Waals surface area contributed by atoms with Gasteiger partial charge in [0.15, 0.2) is 5.13 Å². The van der Waals surface area contributed by atoms with Gasteiger partial charge in [-0.2, -0.15) is 0 Å². The van der Waals surface area contributed by atoms with Crippen molar-refractivity contribution in [2.75, 3.05) is 24.2 Å². The average Bonchev–Trinajstić information content (AvgIpc) is 3.32. The number of nitrogens with zero attached hydrogens (tertiary/aromatic N) is 1. The van der Waals surface area contributed by atoms with Gasteiger partial charge >= 0.3 is 0 Å². The minimum absolute atomic E-state index is 0.200. The van der Waals surface area contributed by atoms with E-state index in [9.17, 15) is 0 Å². The first kappa shape index (κ1) is 31.1. The molecule has 4 N–H and O–H groups in total. The predicted molar refractivity (Wildman–Crippen MR) is 178 cm³/mol. The first-order chi connectivity index (χ1) is 19.5. The molecule has 4 rings (SSSR count). The molecule has 2 aromatic carbocycles. The van der Waals surface area contributed by atoms with Crippen molar-refractivity contribution in [1.29, 1.82) is 0 Å². The number of hydrogen-bond donors (Lipinski definition) is 3. The standard InChI is InChI=1S/C32H40FN4OPS2/c1-31(2,3)16-19-38-23-11-9-10-22(20-23)29-28(37-30(34)41-29)25-12-5-6-13-26(25)32(33,39)15-7-4-8-17-35-27-21-24(40)14-18-36-27/h5-6,9-14,18,20-21H,4,7-8,15-17,19,39H2,1-3H3,(H2,34,37)(H2,35,36,40). The largest absolute Gasteiger partial charge is 0.494 e. The smallest absolute Gasteiger partial charge is 0.181 e. The number of alkyl halides is 1. The summed E-state index contributed by atoms with van der Waals surface area (Å²) >= 11 is 6.61. The van der Waals surface area contributed by atoms with E-state index in [1.54, 1.807) is 0 Å². The minimum Gasteiger partial charge on any atom is -0.494 e. The Labute approximate surface area is 254 Å². The quantitative estimate of drug-likeness (QED) is 0.0798. The molecule has 0 saturated carbocycles. The Kier molecular flexibility index (Phi) is 10.6. The summed E-state index contributed by atoms with van der Waals surface area (Å²) in [5.74, 6) is 1.70. The second-order valence-electron chi connectivity index (χ2n) is 11.5. The molecule has 0 fully saturated rings. The summed E-state index contributed by atoms with van der Waals surface area (Å²) in [6.45, 7) is 8.04. The highest BCUT2D eigenvalue weighted by Gasteiger charge is 2.30. The van der Waals surface area contributed by atoms with E-state index in [1.807, 2.05) is 66.9 Å². The topological polar surface area (TPSA) is 76.0 Å². The molecule has 2 heterocycles. The van der Waals surface area contributed by atoms with Crippen molar-refractivity contribution in [1.82, 2.24) is 9.97 Å². The fourth-order valence-electron chi connectivity index (χ4n) is 4.56. The molecule has 5 nitrogen and oxygen atoms in total. The van der Waals surface area contributed by atoms with Crippen LogP contribution in [0.3, 0.4) is 0 Å². The Bertz CT molecular complexity index is 1500. The van der Waals surface area contributed by atoms with E-state index in [2.05, 4.69) is 45.3 Å². The van der Waals surface area contributed by atoms with Gasteiger partial charge in [0.25, 0.3) is 0 Å². The van der Waals surface area contributed by atoms with Crippen LogP contribution in [-0.2, 0) is 5.41 Å². The molecule has 0 aliphatic carbocycles. The van der Waals surface area contributed by atoms with Crippen molar-refractivity contribution in [2.24, 2.45) is 5.41 Å². The first-order valence-electron chi connectivity index (χ1n) is 14.0. The Morgan fingerprint density at radius 1 is 1.05 bits per heavy atom. The summed E-state index contributed by atoms with van der Waals surface area (Å²) in [5.41, 5.74) is 9.43. The van der Waals surface area contributed by atoms with Crippen LogP contribution in [0.1, 0.15) is 58.4 Å².